The van der Waals surface area contributed by atoms with E-state index in [4.69, 9.17) is 0 Å². The molecule has 1 heterocycles. The third-order valence-electron chi connectivity index (χ3n) is 3.17. The Kier molecular flexibility index (Phi) is 4.09. The summed E-state index contributed by atoms with van der Waals surface area (Å²) in [4.78, 5) is 0. The van der Waals surface area contributed by atoms with Gasteiger partial charge >= 0.3 is 6.36 Å². The van der Waals surface area contributed by atoms with E-state index < -0.39 is 6.36 Å². The lowest BCUT2D eigenvalue weighted by Crippen LogP contribution is -2.18. The fourth-order valence-electron chi connectivity index (χ4n) is 2.32. The van der Waals surface area contributed by atoms with Gasteiger partial charge in [0.1, 0.15) is 17.5 Å². The second-order valence-electron chi connectivity index (χ2n) is 4.48. The van der Waals surface area contributed by atoms with Crippen molar-refractivity contribution in [1.82, 2.24) is 9.88 Å². The Bertz CT molecular complexity index is 698. The molecule has 0 radical (unpaired) electrons. The molecule has 0 unspecified atom stereocenters. The predicted molar refractivity (Wildman–Crippen MR) is 71.7 cm³/mol. The summed E-state index contributed by atoms with van der Waals surface area (Å²) in [5.41, 5.74) is 1.36. The van der Waals surface area contributed by atoms with Gasteiger partial charge in [-0.2, -0.15) is 5.26 Å². The van der Waals surface area contributed by atoms with Crippen molar-refractivity contribution in [1.29, 1.82) is 5.26 Å². The smallest absolute Gasteiger partial charge is 0.405 e. The summed E-state index contributed by atoms with van der Waals surface area (Å²) in [6, 6.07) is 6.43. The van der Waals surface area contributed by atoms with Crippen LogP contribution in [-0.2, 0) is 13.6 Å². The van der Waals surface area contributed by atoms with Gasteiger partial charge in [0.15, 0.2) is 0 Å². The number of fused-ring (bicyclic) bond motifs is 1. The molecule has 0 saturated carbocycles. The fraction of sp³-hybridized carbons (Fsp3) is 0.357. The van der Waals surface area contributed by atoms with E-state index in [0.29, 0.717) is 35.2 Å². The van der Waals surface area contributed by atoms with Crippen LogP contribution in [0.25, 0.3) is 10.9 Å². The Labute approximate surface area is 119 Å². The number of rotatable bonds is 4. The summed E-state index contributed by atoms with van der Waals surface area (Å²) in [7, 11) is 1.65. The molecule has 1 N–H and O–H groups in total. The first-order chi connectivity index (χ1) is 9.89. The van der Waals surface area contributed by atoms with Gasteiger partial charge in [0, 0.05) is 24.5 Å². The quantitative estimate of drug-likeness (QED) is 0.943. The number of aromatic nitrogens is 1. The normalized spacial score (nSPS) is 11.6. The Morgan fingerprint density at radius 3 is 2.67 bits per heavy atom. The minimum Gasteiger partial charge on any atom is -0.405 e. The molecule has 0 aliphatic heterocycles. The number of nitriles is 1. The van der Waals surface area contributed by atoms with Crippen molar-refractivity contribution in [3.8, 4) is 11.8 Å². The lowest BCUT2D eigenvalue weighted by Gasteiger charge is -2.11. The molecule has 21 heavy (non-hydrogen) atoms. The third-order valence-corrected chi connectivity index (χ3v) is 3.17. The highest BCUT2D eigenvalue weighted by Gasteiger charge is 2.33. The van der Waals surface area contributed by atoms with Crippen molar-refractivity contribution in [3.05, 3.63) is 29.5 Å². The summed E-state index contributed by atoms with van der Waals surface area (Å²) < 4.78 is 43.3. The Hall–Kier alpha value is -2.20. The van der Waals surface area contributed by atoms with E-state index in [-0.39, 0.29) is 5.75 Å². The number of hydrogen-bond acceptors (Lipinski definition) is 3. The number of nitrogens with one attached hydrogen (secondary N) is 1. The molecular formula is C14H14F3N3O. The number of benzene rings is 1. The van der Waals surface area contributed by atoms with Gasteiger partial charge in [0.2, 0.25) is 0 Å². The maximum Gasteiger partial charge on any atom is 0.573 e. The maximum atomic E-state index is 12.5. The average molecular weight is 297 g/mol. The molecule has 4 nitrogen and oxygen atoms in total. The van der Waals surface area contributed by atoms with Gasteiger partial charge in [-0.15, -0.1) is 13.2 Å². The second-order valence-corrected chi connectivity index (χ2v) is 4.48. The molecule has 0 atom stereocenters. The number of hydrogen-bond donors (Lipinski definition) is 1. The van der Waals surface area contributed by atoms with E-state index >= 15 is 0 Å². The summed E-state index contributed by atoms with van der Waals surface area (Å²) >= 11 is 0. The zero-order chi connectivity index (χ0) is 15.6. The first-order valence-corrected chi connectivity index (χ1v) is 6.36. The van der Waals surface area contributed by atoms with Crippen LogP contribution in [0.3, 0.4) is 0 Å². The summed E-state index contributed by atoms with van der Waals surface area (Å²) in [6.45, 7) is 2.82. The van der Waals surface area contributed by atoms with Gasteiger partial charge in [-0.05, 0) is 18.7 Å². The summed E-state index contributed by atoms with van der Waals surface area (Å²) in [5, 5.41) is 12.6. The van der Waals surface area contributed by atoms with Gasteiger partial charge in [0.25, 0.3) is 0 Å². The molecule has 7 heteroatoms. The van der Waals surface area contributed by atoms with Gasteiger partial charge in [-0.3, -0.25) is 0 Å². The van der Waals surface area contributed by atoms with E-state index in [0.717, 1.165) is 0 Å². The van der Waals surface area contributed by atoms with Crippen LogP contribution >= 0.6 is 0 Å². The zero-order valence-corrected chi connectivity index (χ0v) is 11.6. The lowest BCUT2D eigenvalue weighted by atomic mass is 10.1. The molecule has 0 aliphatic rings. The van der Waals surface area contributed by atoms with Crippen LogP contribution in [0.15, 0.2) is 18.2 Å². The van der Waals surface area contributed by atoms with Crippen LogP contribution in [0.5, 0.6) is 5.75 Å². The molecule has 112 valence electrons. The van der Waals surface area contributed by atoms with Crippen LogP contribution in [0.1, 0.15) is 18.2 Å². The number of ether oxygens (including phenoxy) is 1. The zero-order valence-electron chi connectivity index (χ0n) is 11.6. The fourth-order valence-corrected chi connectivity index (χ4v) is 2.32. The lowest BCUT2D eigenvalue weighted by molar-refractivity contribution is -0.274. The Morgan fingerprint density at radius 2 is 2.10 bits per heavy atom. The highest BCUT2D eigenvalue weighted by molar-refractivity contribution is 5.92. The van der Waals surface area contributed by atoms with Crippen molar-refractivity contribution in [2.45, 2.75) is 19.8 Å². The molecule has 2 rings (SSSR count). The molecule has 0 spiro atoms. The second kappa shape index (κ2) is 5.66. The number of aryl methyl sites for hydroxylation is 1. The number of halogens is 3. The molecule has 0 aliphatic carbocycles. The van der Waals surface area contributed by atoms with Crippen molar-refractivity contribution < 1.29 is 17.9 Å². The van der Waals surface area contributed by atoms with Crippen LogP contribution in [-0.4, -0.2) is 17.5 Å². The number of alkyl halides is 3. The van der Waals surface area contributed by atoms with Crippen molar-refractivity contribution >= 4 is 10.9 Å². The molecule has 0 bridgehead atoms. The standard InChI is InChI=1S/C14H14F3N3O/c1-3-19-8-9-11(7-18)20(2)10-5-4-6-12(13(9)10)21-14(15,16)17/h4-6,19H,3,8H2,1-2H3. The topological polar surface area (TPSA) is 50.0 Å². The maximum absolute atomic E-state index is 12.5. The molecule has 1 aromatic carbocycles. The van der Waals surface area contributed by atoms with E-state index in [1.54, 1.807) is 17.7 Å². The molecule has 1 aromatic heterocycles. The van der Waals surface area contributed by atoms with Crippen LogP contribution in [0.4, 0.5) is 13.2 Å². The highest BCUT2D eigenvalue weighted by atomic mass is 19.4. The van der Waals surface area contributed by atoms with Crippen LogP contribution in [0, 0.1) is 11.3 Å². The molecule has 0 saturated heterocycles. The van der Waals surface area contributed by atoms with Gasteiger partial charge in [-0.1, -0.05) is 13.0 Å². The first kappa shape index (κ1) is 15.2. The first-order valence-electron chi connectivity index (χ1n) is 6.36. The molecule has 2 aromatic rings. The largest absolute Gasteiger partial charge is 0.573 e. The predicted octanol–water partition coefficient (Wildman–Crippen LogP) is 3.06. The van der Waals surface area contributed by atoms with Gasteiger partial charge in [0.05, 0.1) is 5.52 Å². The summed E-state index contributed by atoms with van der Waals surface area (Å²) in [6.07, 6.45) is -4.77. The molecular weight excluding hydrogens is 283 g/mol. The third kappa shape index (κ3) is 2.95. The van der Waals surface area contributed by atoms with Crippen molar-refractivity contribution in [2.75, 3.05) is 6.54 Å². The van der Waals surface area contributed by atoms with Gasteiger partial charge < -0.3 is 14.6 Å². The van der Waals surface area contributed by atoms with E-state index in [9.17, 15) is 18.4 Å². The van der Waals surface area contributed by atoms with E-state index in [1.165, 1.54) is 12.1 Å². The number of nitrogens with zero attached hydrogens (tertiary/aromatic N) is 2. The Morgan fingerprint density at radius 1 is 1.38 bits per heavy atom. The minimum atomic E-state index is -4.77. The highest BCUT2D eigenvalue weighted by Crippen LogP contribution is 2.35. The van der Waals surface area contributed by atoms with Crippen molar-refractivity contribution in [3.63, 3.8) is 0 Å². The summed E-state index contributed by atoms with van der Waals surface area (Å²) in [5.74, 6) is -0.287. The minimum absolute atomic E-state index is 0.287. The monoisotopic (exact) mass is 297 g/mol. The van der Waals surface area contributed by atoms with Crippen LogP contribution in [0.2, 0.25) is 0 Å². The van der Waals surface area contributed by atoms with Crippen molar-refractivity contribution in [2.24, 2.45) is 7.05 Å². The van der Waals surface area contributed by atoms with Gasteiger partial charge in [-0.25, -0.2) is 0 Å². The Balaban J connectivity index is 2.69. The molecule has 0 amide bonds. The van der Waals surface area contributed by atoms with Crippen LogP contribution < -0.4 is 10.1 Å². The van der Waals surface area contributed by atoms with E-state index in [2.05, 4.69) is 10.1 Å². The molecule has 0 fully saturated rings. The average Bonchev–Trinajstić information content (AvgIpc) is 2.68. The van der Waals surface area contributed by atoms with E-state index in [1.807, 2.05) is 13.0 Å². The SMILES string of the molecule is CCNCc1c(C#N)n(C)c2cccc(OC(F)(F)F)c12.